The highest BCUT2D eigenvalue weighted by molar-refractivity contribution is 5.79. The maximum atomic E-state index is 12.6. The van der Waals surface area contributed by atoms with Crippen molar-refractivity contribution in [2.45, 2.75) is 13.0 Å². The van der Waals surface area contributed by atoms with Gasteiger partial charge < -0.3 is 4.90 Å². The second-order valence-corrected chi connectivity index (χ2v) is 6.54. The van der Waals surface area contributed by atoms with Crippen LogP contribution in [0.15, 0.2) is 54.6 Å². The predicted molar refractivity (Wildman–Crippen MR) is 99.3 cm³/mol. The number of aromatic nitrogens is 3. The predicted octanol–water partition coefficient (Wildman–Crippen LogP) is 1.91. The molecule has 0 radical (unpaired) electrons. The molecule has 6 nitrogen and oxygen atoms in total. The molecule has 3 aromatic rings. The van der Waals surface area contributed by atoms with Gasteiger partial charge in [-0.15, -0.1) is 10.2 Å². The topological polar surface area (TPSA) is 62.2 Å². The van der Waals surface area contributed by atoms with Crippen molar-refractivity contribution in [2.24, 2.45) is 0 Å². The Morgan fingerprint density at radius 3 is 2.31 bits per heavy atom. The second kappa shape index (κ2) is 7.58. The summed E-state index contributed by atoms with van der Waals surface area (Å²) < 4.78 is 0. The van der Waals surface area contributed by atoms with Crippen LogP contribution in [0.4, 0.5) is 0 Å². The molecule has 1 aliphatic heterocycles. The lowest BCUT2D eigenvalue weighted by molar-refractivity contribution is -0.132. The van der Waals surface area contributed by atoms with Gasteiger partial charge >= 0.3 is 0 Å². The maximum Gasteiger partial charge on any atom is 0.230 e. The number of rotatable bonds is 4. The molecular weight excluding hydrogens is 326 g/mol. The number of fused-ring (bicyclic) bond motifs is 1. The van der Waals surface area contributed by atoms with Crippen molar-refractivity contribution in [3.05, 3.63) is 66.0 Å². The van der Waals surface area contributed by atoms with Gasteiger partial charge in [0.05, 0.1) is 11.9 Å². The number of hydrogen-bond donors (Lipinski definition) is 0. The second-order valence-electron chi connectivity index (χ2n) is 6.54. The minimum Gasteiger partial charge on any atom is -0.340 e. The zero-order valence-electron chi connectivity index (χ0n) is 14.6. The average Bonchev–Trinajstić information content (AvgIpc) is 2.69. The molecule has 1 amide bonds. The van der Waals surface area contributed by atoms with E-state index in [-0.39, 0.29) is 12.3 Å². The number of hydrogen-bond acceptors (Lipinski definition) is 5. The van der Waals surface area contributed by atoms with Crippen molar-refractivity contribution in [3.8, 4) is 0 Å². The highest BCUT2D eigenvalue weighted by Crippen LogP contribution is 2.11. The smallest absolute Gasteiger partial charge is 0.230 e. The number of carbonyl (C=O) groups is 1. The van der Waals surface area contributed by atoms with Gasteiger partial charge in [-0.05, 0) is 17.7 Å². The fourth-order valence-electron chi connectivity index (χ4n) is 3.24. The Morgan fingerprint density at radius 2 is 1.54 bits per heavy atom. The molecule has 2 aromatic carbocycles. The van der Waals surface area contributed by atoms with Gasteiger partial charge in [0.15, 0.2) is 5.82 Å². The van der Waals surface area contributed by atoms with Crippen LogP contribution < -0.4 is 0 Å². The van der Waals surface area contributed by atoms with E-state index in [1.807, 2.05) is 35.2 Å². The molecule has 0 aliphatic carbocycles. The number of amides is 1. The van der Waals surface area contributed by atoms with Crippen LogP contribution in [0.5, 0.6) is 0 Å². The van der Waals surface area contributed by atoms with Crippen molar-refractivity contribution in [1.82, 2.24) is 25.0 Å². The minimum atomic E-state index is 0.0708. The van der Waals surface area contributed by atoms with Gasteiger partial charge in [-0.2, -0.15) is 0 Å². The quantitative estimate of drug-likeness (QED) is 0.721. The van der Waals surface area contributed by atoms with Crippen molar-refractivity contribution in [1.29, 1.82) is 0 Å². The molecule has 26 heavy (non-hydrogen) atoms. The Morgan fingerprint density at radius 1 is 0.846 bits per heavy atom. The van der Waals surface area contributed by atoms with Gasteiger partial charge in [-0.25, -0.2) is 4.98 Å². The summed E-state index contributed by atoms with van der Waals surface area (Å²) in [5.74, 6) is 0.557. The molecule has 0 bridgehead atoms. The summed E-state index contributed by atoms with van der Waals surface area (Å²) >= 11 is 0. The van der Waals surface area contributed by atoms with Crippen LogP contribution in [0, 0.1) is 0 Å². The third-order valence-electron chi connectivity index (χ3n) is 4.69. The monoisotopic (exact) mass is 347 g/mol. The van der Waals surface area contributed by atoms with E-state index in [1.54, 1.807) is 0 Å². The van der Waals surface area contributed by atoms with E-state index in [0.717, 1.165) is 43.8 Å². The lowest BCUT2D eigenvalue weighted by Crippen LogP contribution is -2.48. The van der Waals surface area contributed by atoms with E-state index in [4.69, 9.17) is 0 Å². The number of carbonyl (C=O) groups excluding carboxylic acids is 1. The van der Waals surface area contributed by atoms with Crippen molar-refractivity contribution in [3.63, 3.8) is 0 Å². The summed E-state index contributed by atoms with van der Waals surface area (Å²) in [6.45, 7) is 4.19. The van der Waals surface area contributed by atoms with Gasteiger partial charge in [0, 0.05) is 32.7 Å². The lowest BCUT2D eigenvalue weighted by atomic mass is 10.2. The third kappa shape index (κ3) is 3.86. The van der Waals surface area contributed by atoms with Gasteiger partial charge in [-0.1, -0.05) is 42.5 Å². The fourth-order valence-corrected chi connectivity index (χ4v) is 3.24. The highest BCUT2D eigenvalue weighted by Gasteiger charge is 2.22. The Bertz CT molecular complexity index is 891. The van der Waals surface area contributed by atoms with Crippen LogP contribution in [0.25, 0.3) is 11.0 Å². The number of para-hydroxylation sites is 1. The zero-order valence-corrected chi connectivity index (χ0v) is 14.6. The molecule has 0 atom stereocenters. The third-order valence-corrected chi connectivity index (χ3v) is 4.69. The summed E-state index contributed by atoms with van der Waals surface area (Å²) in [7, 11) is 0. The molecule has 2 heterocycles. The summed E-state index contributed by atoms with van der Waals surface area (Å²) in [5.41, 5.74) is 2.83. The Labute approximate surface area is 152 Å². The number of piperazine rings is 1. The standard InChI is InChI=1S/C20H21N5O/c26-20(14-19-21-17-8-4-5-9-18(17)22-23-19)25-12-10-24(11-13-25)15-16-6-2-1-3-7-16/h1-9H,10-15H2. The SMILES string of the molecule is O=C(Cc1nnc2ccccc2n1)N1CCN(Cc2ccccc2)CC1. The van der Waals surface area contributed by atoms with E-state index >= 15 is 0 Å². The zero-order chi connectivity index (χ0) is 17.8. The Hall–Kier alpha value is -2.86. The van der Waals surface area contributed by atoms with E-state index < -0.39 is 0 Å². The molecule has 1 aliphatic rings. The molecule has 1 fully saturated rings. The van der Waals surface area contributed by atoms with Crippen LogP contribution in [0.1, 0.15) is 11.4 Å². The van der Waals surface area contributed by atoms with E-state index in [1.165, 1.54) is 5.56 Å². The van der Waals surface area contributed by atoms with Crippen LogP contribution in [-0.2, 0) is 17.8 Å². The molecule has 0 saturated carbocycles. The van der Waals surface area contributed by atoms with Gasteiger partial charge in [0.1, 0.15) is 5.52 Å². The number of benzene rings is 2. The normalized spacial score (nSPS) is 15.3. The highest BCUT2D eigenvalue weighted by atomic mass is 16.2. The Balaban J connectivity index is 1.33. The van der Waals surface area contributed by atoms with Crippen molar-refractivity contribution in [2.75, 3.05) is 26.2 Å². The van der Waals surface area contributed by atoms with E-state index in [0.29, 0.717) is 5.82 Å². The first kappa shape index (κ1) is 16.6. The molecule has 0 spiro atoms. The minimum absolute atomic E-state index is 0.0708. The van der Waals surface area contributed by atoms with Crippen molar-refractivity contribution < 1.29 is 4.79 Å². The molecule has 132 valence electrons. The van der Waals surface area contributed by atoms with Crippen LogP contribution in [-0.4, -0.2) is 57.1 Å². The number of nitrogens with zero attached hydrogens (tertiary/aromatic N) is 5. The van der Waals surface area contributed by atoms with Crippen molar-refractivity contribution >= 4 is 16.9 Å². The maximum absolute atomic E-state index is 12.6. The largest absolute Gasteiger partial charge is 0.340 e. The fraction of sp³-hybridized carbons (Fsp3) is 0.300. The van der Waals surface area contributed by atoms with E-state index in [9.17, 15) is 4.79 Å². The summed E-state index contributed by atoms with van der Waals surface area (Å²) in [6, 6.07) is 18.0. The van der Waals surface area contributed by atoms with E-state index in [2.05, 4.69) is 44.3 Å². The van der Waals surface area contributed by atoms with Crippen LogP contribution in [0.3, 0.4) is 0 Å². The lowest BCUT2D eigenvalue weighted by Gasteiger charge is -2.34. The molecule has 1 saturated heterocycles. The average molecular weight is 347 g/mol. The first-order chi connectivity index (χ1) is 12.8. The summed E-state index contributed by atoms with van der Waals surface area (Å²) in [5, 5.41) is 8.24. The first-order valence-electron chi connectivity index (χ1n) is 8.90. The van der Waals surface area contributed by atoms with Gasteiger partial charge in [0.25, 0.3) is 0 Å². The molecule has 0 unspecified atom stereocenters. The molecule has 1 aromatic heterocycles. The van der Waals surface area contributed by atoms with Gasteiger partial charge in [0.2, 0.25) is 5.91 Å². The van der Waals surface area contributed by atoms with Crippen LogP contribution in [0.2, 0.25) is 0 Å². The molecule has 6 heteroatoms. The Kier molecular flexibility index (Phi) is 4.84. The van der Waals surface area contributed by atoms with Crippen LogP contribution >= 0.6 is 0 Å². The first-order valence-corrected chi connectivity index (χ1v) is 8.90. The molecule has 4 rings (SSSR count). The molecule has 0 N–H and O–H groups in total. The summed E-state index contributed by atoms with van der Waals surface area (Å²) in [4.78, 5) is 21.3. The molecular formula is C20H21N5O. The van der Waals surface area contributed by atoms with Gasteiger partial charge in [-0.3, -0.25) is 9.69 Å². The summed E-state index contributed by atoms with van der Waals surface area (Å²) in [6.07, 6.45) is 0.205.